The Balaban J connectivity index is 1.39. The number of aromatic nitrogens is 3. The first-order valence-electron chi connectivity index (χ1n) is 10.7. The van der Waals surface area contributed by atoms with Gasteiger partial charge in [0.25, 0.3) is 18.2 Å². The van der Waals surface area contributed by atoms with E-state index in [0.29, 0.717) is 5.69 Å². The summed E-state index contributed by atoms with van der Waals surface area (Å²) in [6.07, 6.45) is -0.0524. The summed E-state index contributed by atoms with van der Waals surface area (Å²) in [5, 5.41) is 15.4. The molecule has 2 fully saturated rings. The number of thioether (sulfide) groups is 1. The van der Waals surface area contributed by atoms with Crippen molar-refractivity contribution in [1.82, 2.24) is 24.8 Å². The lowest BCUT2D eigenvalue weighted by molar-refractivity contribution is -0.149. The number of hydrogen-bond acceptors (Lipinski definition) is 8. The van der Waals surface area contributed by atoms with Crippen molar-refractivity contribution in [1.29, 1.82) is 0 Å². The van der Waals surface area contributed by atoms with E-state index in [9.17, 15) is 33.1 Å². The average molecular weight is 507 g/mol. The second kappa shape index (κ2) is 8.59. The van der Waals surface area contributed by atoms with Crippen molar-refractivity contribution in [3.8, 4) is 0 Å². The van der Waals surface area contributed by atoms with E-state index in [0.717, 1.165) is 28.5 Å². The van der Waals surface area contributed by atoms with Crippen LogP contribution in [0.5, 0.6) is 0 Å². The van der Waals surface area contributed by atoms with Crippen molar-refractivity contribution in [2.24, 2.45) is 0 Å². The van der Waals surface area contributed by atoms with Crippen molar-refractivity contribution in [2.75, 3.05) is 12.4 Å². The number of rotatable bonds is 7. The van der Waals surface area contributed by atoms with Crippen molar-refractivity contribution < 1.29 is 37.8 Å². The molecule has 2 aliphatic heterocycles. The molecule has 0 unspecified atom stereocenters. The number of carboxylic acid groups (broad SMARTS) is 1. The third-order valence-electron chi connectivity index (χ3n) is 5.97. The lowest BCUT2D eigenvalue weighted by Gasteiger charge is -2.49. The number of nitrogens with zero attached hydrogens (tertiary/aromatic N) is 4. The minimum Gasteiger partial charge on any atom is -0.477 e. The smallest absolute Gasteiger partial charge is 0.352 e. The molecule has 2 atom stereocenters. The maximum atomic E-state index is 13.6. The zero-order valence-corrected chi connectivity index (χ0v) is 19.1. The molecule has 14 heteroatoms. The number of esters is 1. The standard InChI is InChI=1S/C21H19F2N5O6S/c1-8(29)34-6-10-7-35-20-14(19(31)27(20)15(10)21(32)33)26-18(30)11-5-24-28-13(16(22)23)4-12(9-2-3-9)25-17(11)28/h4-5,9,14,16,20H,2-3,6-7H2,1H3,(H,26,30)(H,32,33)/t14-,20-/m0/s1. The monoisotopic (exact) mass is 507 g/mol. The Labute approximate surface area is 200 Å². The van der Waals surface area contributed by atoms with Crippen LogP contribution < -0.4 is 5.32 Å². The number of aliphatic carboxylic acids is 1. The molecule has 1 aliphatic carbocycles. The van der Waals surface area contributed by atoms with E-state index in [2.05, 4.69) is 15.4 Å². The molecule has 5 rings (SSSR count). The Morgan fingerprint density at radius 3 is 2.71 bits per heavy atom. The van der Waals surface area contributed by atoms with Gasteiger partial charge in [-0.1, -0.05) is 0 Å². The third-order valence-corrected chi connectivity index (χ3v) is 7.31. The van der Waals surface area contributed by atoms with Gasteiger partial charge in [0.1, 0.15) is 35.0 Å². The van der Waals surface area contributed by atoms with Crippen LogP contribution in [0.2, 0.25) is 0 Å². The van der Waals surface area contributed by atoms with E-state index in [1.807, 2.05) is 0 Å². The number of carbonyl (C=O) groups excluding carboxylic acids is 3. The van der Waals surface area contributed by atoms with Gasteiger partial charge in [-0.2, -0.15) is 5.10 Å². The van der Waals surface area contributed by atoms with Crippen LogP contribution >= 0.6 is 11.8 Å². The fourth-order valence-corrected chi connectivity index (χ4v) is 5.44. The summed E-state index contributed by atoms with van der Waals surface area (Å²) in [5.74, 6) is -3.08. The number of carbonyl (C=O) groups is 4. The molecule has 0 bridgehead atoms. The van der Waals surface area contributed by atoms with Crippen LogP contribution in [0.1, 0.15) is 53.9 Å². The summed E-state index contributed by atoms with van der Waals surface area (Å²) in [7, 11) is 0. The average Bonchev–Trinajstić information content (AvgIpc) is 3.58. The first kappa shape index (κ1) is 23.2. The molecule has 0 aromatic carbocycles. The highest BCUT2D eigenvalue weighted by Crippen LogP contribution is 2.41. The molecular formula is C21H19F2N5O6S. The summed E-state index contributed by atoms with van der Waals surface area (Å²) >= 11 is 1.21. The van der Waals surface area contributed by atoms with E-state index in [-0.39, 0.29) is 46.5 Å². The van der Waals surface area contributed by atoms with Crippen LogP contribution in [-0.2, 0) is 19.1 Å². The Morgan fingerprint density at radius 1 is 1.34 bits per heavy atom. The summed E-state index contributed by atoms with van der Waals surface area (Å²) < 4.78 is 33.0. The number of β-lactam (4-membered cyclic amide) rings is 1. The zero-order chi connectivity index (χ0) is 25.0. The first-order chi connectivity index (χ1) is 16.7. The van der Waals surface area contributed by atoms with Gasteiger partial charge in [0.15, 0.2) is 5.65 Å². The second-order valence-corrected chi connectivity index (χ2v) is 9.48. The fourth-order valence-electron chi connectivity index (χ4n) is 4.11. The van der Waals surface area contributed by atoms with E-state index in [1.54, 1.807) is 0 Å². The van der Waals surface area contributed by atoms with Gasteiger partial charge in [-0.3, -0.25) is 19.3 Å². The lowest BCUT2D eigenvalue weighted by atomic mass is 10.0. The van der Waals surface area contributed by atoms with Crippen LogP contribution in [0.3, 0.4) is 0 Å². The maximum absolute atomic E-state index is 13.6. The molecule has 1 saturated heterocycles. The normalized spacial score (nSPS) is 21.7. The highest BCUT2D eigenvalue weighted by atomic mass is 32.2. The Hall–Kier alpha value is -3.55. The number of ether oxygens (including phenoxy) is 1. The number of carboxylic acids is 1. The van der Waals surface area contributed by atoms with Crippen molar-refractivity contribution >= 4 is 41.2 Å². The largest absolute Gasteiger partial charge is 0.477 e. The van der Waals surface area contributed by atoms with Crippen LogP contribution in [0.15, 0.2) is 23.5 Å². The van der Waals surface area contributed by atoms with E-state index in [1.165, 1.54) is 24.8 Å². The van der Waals surface area contributed by atoms with Crippen LogP contribution in [0.4, 0.5) is 8.78 Å². The van der Waals surface area contributed by atoms with Crippen LogP contribution in [-0.4, -0.2) is 72.1 Å². The number of amides is 2. The van der Waals surface area contributed by atoms with Gasteiger partial charge in [0, 0.05) is 29.9 Å². The highest BCUT2D eigenvalue weighted by Gasteiger charge is 2.54. The molecule has 2 aromatic heterocycles. The molecule has 184 valence electrons. The Morgan fingerprint density at radius 2 is 2.09 bits per heavy atom. The van der Waals surface area contributed by atoms with Gasteiger partial charge in [0.2, 0.25) is 0 Å². The molecule has 4 heterocycles. The molecule has 2 aromatic rings. The molecule has 11 nitrogen and oxygen atoms in total. The van der Waals surface area contributed by atoms with Crippen molar-refractivity contribution in [3.05, 3.63) is 40.5 Å². The van der Waals surface area contributed by atoms with Crippen LogP contribution in [0, 0.1) is 0 Å². The predicted molar refractivity (Wildman–Crippen MR) is 116 cm³/mol. The number of nitrogens with one attached hydrogen (secondary N) is 1. The third kappa shape index (κ3) is 4.00. The quantitative estimate of drug-likeness (QED) is 0.420. The van der Waals surface area contributed by atoms with Gasteiger partial charge in [-0.15, -0.1) is 11.8 Å². The van der Waals surface area contributed by atoms with Gasteiger partial charge >= 0.3 is 11.9 Å². The molecule has 2 amide bonds. The zero-order valence-electron chi connectivity index (χ0n) is 18.2. The predicted octanol–water partition coefficient (Wildman–Crippen LogP) is 1.46. The molecule has 1 saturated carbocycles. The number of hydrogen-bond donors (Lipinski definition) is 2. The highest BCUT2D eigenvalue weighted by molar-refractivity contribution is 8.00. The second-order valence-electron chi connectivity index (χ2n) is 8.37. The summed E-state index contributed by atoms with van der Waals surface area (Å²) in [6, 6.07) is 0.261. The van der Waals surface area contributed by atoms with Crippen molar-refractivity contribution in [3.63, 3.8) is 0 Å². The molecule has 3 aliphatic rings. The minimum absolute atomic E-state index is 0.0306. The summed E-state index contributed by atoms with van der Waals surface area (Å²) in [6.45, 7) is 0.925. The minimum atomic E-state index is -2.82. The van der Waals surface area contributed by atoms with Crippen LogP contribution in [0.25, 0.3) is 5.65 Å². The number of fused-ring (bicyclic) bond motifs is 2. The molecular weight excluding hydrogens is 488 g/mol. The maximum Gasteiger partial charge on any atom is 0.352 e. The topological polar surface area (TPSA) is 143 Å². The first-order valence-corrected chi connectivity index (χ1v) is 11.7. The number of halogens is 2. The summed E-state index contributed by atoms with van der Waals surface area (Å²) in [5.41, 5.74) is -0.0124. The van der Waals surface area contributed by atoms with E-state index >= 15 is 0 Å². The van der Waals surface area contributed by atoms with Gasteiger partial charge in [-0.05, 0) is 18.9 Å². The SMILES string of the molecule is CC(=O)OCC1=C(C(=O)O)N2C(=O)[C@H](NC(=O)c3cnn4c(C(F)F)cc(C5CC5)nc34)[C@@H]2SC1. The lowest BCUT2D eigenvalue weighted by Crippen LogP contribution is -2.70. The molecule has 2 N–H and O–H groups in total. The van der Waals surface area contributed by atoms with Gasteiger partial charge in [-0.25, -0.2) is 23.1 Å². The van der Waals surface area contributed by atoms with Gasteiger partial charge < -0.3 is 15.2 Å². The summed E-state index contributed by atoms with van der Waals surface area (Å²) in [4.78, 5) is 54.2. The van der Waals surface area contributed by atoms with E-state index < -0.39 is 41.6 Å². The molecule has 0 spiro atoms. The fraction of sp³-hybridized carbons (Fsp3) is 0.429. The Kier molecular flexibility index (Phi) is 5.69. The van der Waals surface area contributed by atoms with Crippen molar-refractivity contribution in [2.45, 2.75) is 43.5 Å². The Bertz CT molecular complexity index is 1310. The number of alkyl halides is 2. The van der Waals surface area contributed by atoms with Gasteiger partial charge in [0.05, 0.1) is 6.20 Å². The molecule has 35 heavy (non-hydrogen) atoms. The molecule has 0 radical (unpaired) electrons. The van der Waals surface area contributed by atoms with E-state index in [4.69, 9.17) is 4.74 Å².